The van der Waals surface area contributed by atoms with Gasteiger partial charge in [-0.05, 0) is 74.7 Å². The molecule has 2 aromatic rings. The van der Waals surface area contributed by atoms with Crippen molar-refractivity contribution < 1.29 is 9.47 Å². The maximum absolute atomic E-state index is 6.05. The Morgan fingerprint density at radius 2 is 1.83 bits per heavy atom. The molecule has 2 N–H and O–H groups in total. The average Bonchev–Trinajstić information content (AvgIpc) is 2.52. The van der Waals surface area contributed by atoms with Crippen molar-refractivity contribution in [1.82, 2.24) is 0 Å². The number of nitrogens with two attached hydrogens (primary N) is 1. The minimum Gasteiger partial charge on any atom is -0.497 e. The predicted octanol–water partition coefficient (Wildman–Crippen LogP) is 4.08. The molecule has 0 fully saturated rings. The van der Waals surface area contributed by atoms with Gasteiger partial charge in [-0.3, -0.25) is 0 Å². The molecule has 0 aromatic heterocycles. The molecule has 2 aromatic carbocycles. The van der Waals surface area contributed by atoms with Gasteiger partial charge in [0.1, 0.15) is 11.5 Å². The second-order valence-corrected chi connectivity index (χ2v) is 6.17. The van der Waals surface area contributed by atoms with Crippen LogP contribution in [0.2, 0.25) is 0 Å². The summed E-state index contributed by atoms with van der Waals surface area (Å²) in [6.45, 7) is 6.80. The summed E-state index contributed by atoms with van der Waals surface area (Å²) in [7, 11) is 1.69. The molecule has 0 bridgehead atoms. The normalized spacial score (nSPS) is 12.3. The molecule has 23 heavy (non-hydrogen) atoms. The molecule has 0 radical (unpaired) electrons. The fraction of sp³-hybridized carbons (Fsp3) is 0.400. The van der Waals surface area contributed by atoms with Crippen LogP contribution in [-0.2, 0) is 6.42 Å². The molecule has 0 aliphatic rings. The standard InChI is InChI=1S/C20H27NO2/c1-14(2)23-19-7-5-6-16(12-19)11-17(13-21)20-9-8-18(22-4)10-15(20)3/h5-10,12,14,17H,11,13,21H2,1-4H3. The predicted molar refractivity (Wildman–Crippen MR) is 95.4 cm³/mol. The van der Waals surface area contributed by atoms with E-state index in [2.05, 4.69) is 31.2 Å². The van der Waals surface area contributed by atoms with Crippen molar-refractivity contribution in [3.8, 4) is 11.5 Å². The summed E-state index contributed by atoms with van der Waals surface area (Å²) in [6, 6.07) is 14.5. The van der Waals surface area contributed by atoms with Gasteiger partial charge in [0.25, 0.3) is 0 Å². The zero-order chi connectivity index (χ0) is 16.8. The third kappa shape index (κ3) is 4.73. The molecule has 0 spiro atoms. The van der Waals surface area contributed by atoms with Crippen LogP contribution in [0.4, 0.5) is 0 Å². The molecule has 0 saturated heterocycles. The second kappa shape index (κ2) is 8.02. The summed E-state index contributed by atoms with van der Waals surface area (Å²) in [5, 5.41) is 0. The summed E-state index contributed by atoms with van der Waals surface area (Å²) in [5.41, 5.74) is 9.79. The highest BCUT2D eigenvalue weighted by molar-refractivity contribution is 5.38. The Labute approximate surface area is 139 Å². The van der Waals surface area contributed by atoms with Gasteiger partial charge >= 0.3 is 0 Å². The zero-order valence-corrected chi connectivity index (χ0v) is 14.5. The SMILES string of the molecule is COc1ccc(C(CN)Cc2cccc(OC(C)C)c2)c(C)c1. The highest BCUT2D eigenvalue weighted by atomic mass is 16.5. The van der Waals surface area contributed by atoms with Crippen molar-refractivity contribution in [3.63, 3.8) is 0 Å². The number of methoxy groups -OCH3 is 1. The lowest BCUT2D eigenvalue weighted by molar-refractivity contribution is 0.242. The Kier molecular flexibility index (Phi) is 6.05. The molecule has 1 atom stereocenters. The van der Waals surface area contributed by atoms with E-state index in [0.717, 1.165) is 17.9 Å². The van der Waals surface area contributed by atoms with Gasteiger partial charge in [-0.2, -0.15) is 0 Å². The maximum atomic E-state index is 6.05. The van der Waals surface area contributed by atoms with Gasteiger partial charge in [-0.15, -0.1) is 0 Å². The van der Waals surface area contributed by atoms with Crippen LogP contribution in [0.25, 0.3) is 0 Å². The van der Waals surface area contributed by atoms with Crippen LogP contribution in [0.5, 0.6) is 11.5 Å². The van der Waals surface area contributed by atoms with Crippen molar-refractivity contribution in [2.45, 2.75) is 39.2 Å². The number of hydrogen-bond donors (Lipinski definition) is 1. The van der Waals surface area contributed by atoms with Gasteiger partial charge in [0, 0.05) is 5.92 Å². The van der Waals surface area contributed by atoms with Crippen molar-refractivity contribution in [1.29, 1.82) is 0 Å². The van der Waals surface area contributed by atoms with Crippen LogP contribution in [0.1, 0.15) is 36.5 Å². The van der Waals surface area contributed by atoms with Gasteiger partial charge in [-0.1, -0.05) is 18.2 Å². The topological polar surface area (TPSA) is 44.5 Å². The molecule has 0 saturated carbocycles. The number of aryl methyl sites for hydroxylation is 1. The first-order valence-corrected chi connectivity index (χ1v) is 8.13. The zero-order valence-electron chi connectivity index (χ0n) is 14.5. The van der Waals surface area contributed by atoms with E-state index in [1.165, 1.54) is 16.7 Å². The third-order valence-electron chi connectivity index (χ3n) is 3.95. The Morgan fingerprint density at radius 3 is 2.43 bits per heavy atom. The van der Waals surface area contributed by atoms with E-state index in [1.807, 2.05) is 32.0 Å². The highest BCUT2D eigenvalue weighted by Gasteiger charge is 2.14. The van der Waals surface area contributed by atoms with Gasteiger partial charge in [-0.25, -0.2) is 0 Å². The van der Waals surface area contributed by atoms with Crippen LogP contribution in [-0.4, -0.2) is 19.8 Å². The first-order valence-electron chi connectivity index (χ1n) is 8.13. The summed E-state index contributed by atoms with van der Waals surface area (Å²) < 4.78 is 11.1. The molecular formula is C20H27NO2. The van der Waals surface area contributed by atoms with Gasteiger partial charge < -0.3 is 15.2 Å². The average molecular weight is 313 g/mol. The van der Waals surface area contributed by atoms with Gasteiger partial charge in [0.15, 0.2) is 0 Å². The van der Waals surface area contributed by atoms with Crippen molar-refractivity contribution >= 4 is 0 Å². The summed E-state index contributed by atoms with van der Waals surface area (Å²) in [4.78, 5) is 0. The second-order valence-electron chi connectivity index (χ2n) is 6.17. The van der Waals surface area contributed by atoms with Crippen LogP contribution in [0.15, 0.2) is 42.5 Å². The van der Waals surface area contributed by atoms with Gasteiger partial charge in [0.2, 0.25) is 0 Å². The fourth-order valence-corrected chi connectivity index (χ4v) is 2.86. The van der Waals surface area contributed by atoms with E-state index in [9.17, 15) is 0 Å². The third-order valence-corrected chi connectivity index (χ3v) is 3.95. The van der Waals surface area contributed by atoms with E-state index in [4.69, 9.17) is 15.2 Å². The lowest BCUT2D eigenvalue weighted by Crippen LogP contribution is -2.16. The lowest BCUT2D eigenvalue weighted by atomic mass is 9.89. The highest BCUT2D eigenvalue weighted by Crippen LogP contribution is 2.27. The van der Waals surface area contributed by atoms with Crippen molar-refractivity contribution in [2.24, 2.45) is 5.73 Å². The molecule has 1 unspecified atom stereocenters. The summed E-state index contributed by atoms with van der Waals surface area (Å²) >= 11 is 0. The molecular weight excluding hydrogens is 286 g/mol. The lowest BCUT2D eigenvalue weighted by Gasteiger charge is -2.19. The quantitative estimate of drug-likeness (QED) is 0.838. The first kappa shape index (κ1) is 17.4. The van der Waals surface area contributed by atoms with Crippen LogP contribution in [0, 0.1) is 6.92 Å². The van der Waals surface area contributed by atoms with Crippen molar-refractivity contribution in [3.05, 3.63) is 59.2 Å². The first-order chi connectivity index (χ1) is 11.0. The van der Waals surface area contributed by atoms with E-state index in [1.54, 1.807) is 7.11 Å². The molecule has 0 amide bonds. The molecule has 0 aliphatic heterocycles. The Bertz CT molecular complexity index is 637. The van der Waals surface area contributed by atoms with E-state index in [-0.39, 0.29) is 12.0 Å². The fourth-order valence-electron chi connectivity index (χ4n) is 2.86. The number of hydrogen-bond acceptors (Lipinski definition) is 3. The van der Waals surface area contributed by atoms with Crippen molar-refractivity contribution in [2.75, 3.05) is 13.7 Å². The van der Waals surface area contributed by atoms with Crippen LogP contribution >= 0.6 is 0 Å². The van der Waals surface area contributed by atoms with Crippen LogP contribution < -0.4 is 15.2 Å². The Hall–Kier alpha value is -2.00. The molecule has 0 aliphatic carbocycles. The molecule has 3 heteroatoms. The smallest absolute Gasteiger partial charge is 0.119 e. The largest absolute Gasteiger partial charge is 0.497 e. The van der Waals surface area contributed by atoms with E-state index < -0.39 is 0 Å². The number of ether oxygens (including phenoxy) is 2. The molecule has 3 nitrogen and oxygen atoms in total. The monoisotopic (exact) mass is 313 g/mol. The minimum atomic E-state index is 0.180. The van der Waals surface area contributed by atoms with E-state index >= 15 is 0 Å². The van der Waals surface area contributed by atoms with Crippen LogP contribution in [0.3, 0.4) is 0 Å². The van der Waals surface area contributed by atoms with E-state index in [0.29, 0.717) is 6.54 Å². The maximum Gasteiger partial charge on any atom is 0.119 e. The number of benzene rings is 2. The minimum absolute atomic E-state index is 0.180. The molecule has 0 heterocycles. The Balaban J connectivity index is 2.19. The Morgan fingerprint density at radius 1 is 1.04 bits per heavy atom. The van der Waals surface area contributed by atoms with Gasteiger partial charge in [0.05, 0.1) is 13.2 Å². The number of rotatable bonds is 7. The summed E-state index contributed by atoms with van der Waals surface area (Å²) in [5.74, 6) is 2.09. The summed E-state index contributed by atoms with van der Waals surface area (Å²) in [6.07, 6.45) is 1.08. The molecule has 124 valence electrons. The molecule has 2 rings (SSSR count).